The SMILES string of the molecule is CCNC(=NCC(C)N(C)Cc1ccccc1)N1CCC(c2ncn[nH]2)CC1. The average molecular weight is 384 g/mol. The van der Waals surface area contributed by atoms with Crippen LogP contribution in [0.2, 0.25) is 0 Å². The molecular weight excluding hydrogens is 350 g/mol. The molecule has 7 heteroatoms. The molecule has 1 unspecified atom stereocenters. The highest BCUT2D eigenvalue weighted by molar-refractivity contribution is 5.80. The van der Waals surface area contributed by atoms with Gasteiger partial charge < -0.3 is 10.2 Å². The monoisotopic (exact) mass is 383 g/mol. The van der Waals surface area contributed by atoms with Gasteiger partial charge in [-0.3, -0.25) is 15.0 Å². The second-order valence-corrected chi connectivity index (χ2v) is 7.58. The lowest BCUT2D eigenvalue weighted by atomic mass is 9.96. The minimum Gasteiger partial charge on any atom is -0.357 e. The van der Waals surface area contributed by atoms with Gasteiger partial charge in [-0.2, -0.15) is 5.10 Å². The molecule has 1 aromatic carbocycles. The first-order valence-electron chi connectivity index (χ1n) is 10.3. The van der Waals surface area contributed by atoms with E-state index in [0.717, 1.165) is 57.3 Å². The highest BCUT2D eigenvalue weighted by Crippen LogP contribution is 2.24. The van der Waals surface area contributed by atoms with Crippen molar-refractivity contribution in [2.24, 2.45) is 4.99 Å². The van der Waals surface area contributed by atoms with Crippen molar-refractivity contribution in [1.29, 1.82) is 0 Å². The molecule has 2 heterocycles. The fourth-order valence-corrected chi connectivity index (χ4v) is 3.59. The molecule has 1 aliphatic heterocycles. The van der Waals surface area contributed by atoms with Gasteiger partial charge in [-0.1, -0.05) is 30.3 Å². The maximum atomic E-state index is 4.94. The Morgan fingerprint density at radius 3 is 2.71 bits per heavy atom. The second-order valence-electron chi connectivity index (χ2n) is 7.58. The molecule has 2 N–H and O–H groups in total. The number of aliphatic imine (C=N–C) groups is 1. The van der Waals surface area contributed by atoms with Crippen molar-refractivity contribution in [3.8, 4) is 0 Å². The number of likely N-dealkylation sites (N-methyl/N-ethyl adjacent to an activating group) is 1. The van der Waals surface area contributed by atoms with Crippen molar-refractivity contribution in [2.75, 3.05) is 33.2 Å². The molecule has 0 amide bonds. The summed E-state index contributed by atoms with van der Waals surface area (Å²) in [6, 6.07) is 11.0. The molecular formula is C21H33N7. The van der Waals surface area contributed by atoms with Crippen molar-refractivity contribution in [2.45, 2.75) is 45.2 Å². The third-order valence-electron chi connectivity index (χ3n) is 5.48. The van der Waals surface area contributed by atoms with E-state index in [1.54, 1.807) is 6.33 Å². The zero-order valence-electron chi connectivity index (χ0n) is 17.3. The van der Waals surface area contributed by atoms with Gasteiger partial charge in [0.2, 0.25) is 0 Å². The van der Waals surface area contributed by atoms with Crippen LogP contribution in [0.15, 0.2) is 41.7 Å². The van der Waals surface area contributed by atoms with Crippen molar-refractivity contribution in [3.05, 3.63) is 48.0 Å². The zero-order chi connectivity index (χ0) is 19.8. The van der Waals surface area contributed by atoms with E-state index in [4.69, 9.17) is 4.99 Å². The Labute approximate surface area is 168 Å². The summed E-state index contributed by atoms with van der Waals surface area (Å²) in [6.45, 7) is 8.96. The van der Waals surface area contributed by atoms with Crippen LogP contribution in [0.1, 0.15) is 44.0 Å². The summed E-state index contributed by atoms with van der Waals surface area (Å²) in [5.74, 6) is 2.51. The van der Waals surface area contributed by atoms with Crippen molar-refractivity contribution < 1.29 is 0 Å². The van der Waals surface area contributed by atoms with Crippen LogP contribution in [0.25, 0.3) is 0 Å². The molecule has 152 valence electrons. The molecule has 0 radical (unpaired) electrons. The first kappa shape index (κ1) is 20.3. The predicted octanol–water partition coefficient (Wildman–Crippen LogP) is 2.47. The summed E-state index contributed by atoms with van der Waals surface area (Å²) in [5, 5.41) is 10.5. The smallest absolute Gasteiger partial charge is 0.193 e. The number of guanidine groups is 1. The van der Waals surface area contributed by atoms with Gasteiger partial charge in [0, 0.05) is 38.1 Å². The molecule has 1 saturated heterocycles. The zero-order valence-corrected chi connectivity index (χ0v) is 17.3. The van der Waals surface area contributed by atoms with Crippen molar-refractivity contribution >= 4 is 5.96 Å². The maximum Gasteiger partial charge on any atom is 0.193 e. The lowest BCUT2D eigenvalue weighted by Crippen LogP contribution is -2.46. The summed E-state index contributed by atoms with van der Waals surface area (Å²) in [5.41, 5.74) is 1.34. The van der Waals surface area contributed by atoms with E-state index in [-0.39, 0.29) is 0 Å². The Balaban J connectivity index is 1.53. The Bertz CT molecular complexity index is 706. The van der Waals surface area contributed by atoms with Crippen LogP contribution < -0.4 is 5.32 Å². The Morgan fingerprint density at radius 1 is 1.32 bits per heavy atom. The number of aromatic nitrogens is 3. The summed E-state index contributed by atoms with van der Waals surface area (Å²) in [6.07, 6.45) is 3.74. The number of hydrogen-bond acceptors (Lipinski definition) is 4. The number of benzene rings is 1. The summed E-state index contributed by atoms with van der Waals surface area (Å²) >= 11 is 0. The molecule has 7 nitrogen and oxygen atoms in total. The number of hydrogen-bond donors (Lipinski definition) is 2. The van der Waals surface area contributed by atoms with E-state index < -0.39 is 0 Å². The molecule has 0 bridgehead atoms. The topological polar surface area (TPSA) is 72.4 Å². The van der Waals surface area contributed by atoms with Gasteiger partial charge in [0.05, 0.1) is 6.54 Å². The van der Waals surface area contributed by atoms with Gasteiger partial charge >= 0.3 is 0 Å². The lowest BCUT2D eigenvalue weighted by molar-refractivity contribution is 0.252. The molecule has 0 spiro atoms. The molecule has 1 atom stereocenters. The van der Waals surface area contributed by atoms with E-state index in [9.17, 15) is 0 Å². The number of rotatable bonds is 7. The Morgan fingerprint density at radius 2 is 2.07 bits per heavy atom. The minimum absolute atomic E-state index is 0.376. The highest BCUT2D eigenvalue weighted by atomic mass is 15.3. The van der Waals surface area contributed by atoms with Gasteiger partial charge in [0.25, 0.3) is 0 Å². The van der Waals surface area contributed by atoms with E-state index in [1.165, 1.54) is 5.56 Å². The minimum atomic E-state index is 0.376. The van der Waals surface area contributed by atoms with Crippen LogP contribution in [0.4, 0.5) is 0 Å². The molecule has 1 aliphatic rings. The second kappa shape index (κ2) is 10.2. The number of nitrogens with one attached hydrogen (secondary N) is 2. The number of piperidine rings is 1. The molecule has 1 fully saturated rings. The standard InChI is InChI=1S/C21H33N7/c1-4-22-21(28-12-10-19(11-13-28)20-24-16-25-26-20)23-14-17(2)27(3)15-18-8-6-5-7-9-18/h5-9,16-17,19H,4,10-15H2,1-3H3,(H,22,23)(H,24,25,26). The first-order chi connectivity index (χ1) is 13.7. The fourth-order valence-electron chi connectivity index (χ4n) is 3.59. The largest absolute Gasteiger partial charge is 0.357 e. The summed E-state index contributed by atoms with van der Waals surface area (Å²) in [4.78, 5) is 14.0. The van der Waals surface area contributed by atoms with E-state index >= 15 is 0 Å². The summed E-state index contributed by atoms with van der Waals surface area (Å²) < 4.78 is 0. The van der Waals surface area contributed by atoms with E-state index in [0.29, 0.717) is 12.0 Å². The van der Waals surface area contributed by atoms with Crippen LogP contribution in [0.3, 0.4) is 0 Å². The molecule has 1 aromatic heterocycles. The molecule has 3 rings (SSSR count). The normalized spacial score (nSPS) is 17.1. The predicted molar refractivity (Wildman–Crippen MR) is 113 cm³/mol. The number of H-pyrrole nitrogens is 1. The third-order valence-corrected chi connectivity index (χ3v) is 5.48. The van der Waals surface area contributed by atoms with Gasteiger partial charge in [0.15, 0.2) is 5.96 Å². The van der Waals surface area contributed by atoms with Crippen molar-refractivity contribution in [3.63, 3.8) is 0 Å². The molecule has 28 heavy (non-hydrogen) atoms. The highest BCUT2D eigenvalue weighted by Gasteiger charge is 2.24. The van der Waals surface area contributed by atoms with Crippen LogP contribution in [-0.4, -0.2) is 70.2 Å². The number of aromatic amines is 1. The average Bonchev–Trinajstić information content (AvgIpc) is 3.26. The lowest BCUT2D eigenvalue weighted by Gasteiger charge is -2.34. The van der Waals surface area contributed by atoms with E-state index in [2.05, 4.69) is 81.5 Å². The van der Waals surface area contributed by atoms with Crippen LogP contribution in [0, 0.1) is 0 Å². The fraction of sp³-hybridized carbons (Fsp3) is 0.571. The molecule has 0 saturated carbocycles. The Hall–Kier alpha value is -2.41. The number of likely N-dealkylation sites (tertiary alicyclic amines) is 1. The van der Waals surface area contributed by atoms with Crippen LogP contribution in [0.5, 0.6) is 0 Å². The van der Waals surface area contributed by atoms with Crippen LogP contribution in [-0.2, 0) is 6.54 Å². The van der Waals surface area contributed by atoms with Crippen LogP contribution >= 0.6 is 0 Å². The quantitative estimate of drug-likeness (QED) is 0.568. The third kappa shape index (κ3) is 5.55. The maximum absolute atomic E-state index is 4.94. The van der Waals surface area contributed by atoms with Crippen molar-refractivity contribution in [1.82, 2.24) is 30.3 Å². The van der Waals surface area contributed by atoms with E-state index in [1.807, 2.05) is 0 Å². The summed E-state index contributed by atoms with van der Waals surface area (Å²) in [7, 11) is 2.17. The number of nitrogens with zero attached hydrogens (tertiary/aromatic N) is 5. The first-order valence-corrected chi connectivity index (χ1v) is 10.3. The molecule has 0 aliphatic carbocycles. The Kier molecular flexibility index (Phi) is 7.42. The van der Waals surface area contributed by atoms with Gasteiger partial charge in [0.1, 0.15) is 12.2 Å². The van der Waals surface area contributed by atoms with Gasteiger partial charge in [-0.05, 0) is 39.3 Å². The van der Waals surface area contributed by atoms with Gasteiger partial charge in [-0.15, -0.1) is 0 Å². The molecule has 2 aromatic rings. The van der Waals surface area contributed by atoms with Gasteiger partial charge in [-0.25, -0.2) is 4.98 Å².